The smallest absolute Gasteiger partial charge is 0.310 e. The van der Waals surface area contributed by atoms with Crippen LogP contribution < -0.4 is 11.1 Å². The SMILES string of the molecule is Cc1ccc(Nc2nc(N)nc(COC(=O)Cc3coc4cc(C)c(C)cc34)n2)cc1. The summed E-state index contributed by atoms with van der Waals surface area (Å²) in [5, 5.41) is 3.98. The second kappa shape index (κ2) is 8.43. The van der Waals surface area contributed by atoms with Crippen molar-refractivity contribution in [3.8, 4) is 0 Å². The van der Waals surface area contributed by atoms with Crippen molar-refractivity contribution >= 4 is 34.5 Å². The summed E-state index contributed by atoms with van der Waals surface area (Å²) in [5.74, 6) is 0.184. The minimum Gasteiger partial charge on any atom is -0.464 e. The number of anilines is 3. The maximum Gasteiger partial charge on any atom is 0.310 e. The number of aryl methyl sites for hydroxylation is 3. The second-order valence-corrected chi connectivity index (χ2v) is 7.46. The molecule has 0 spiro atoms. The number of ether oxygens (including phenoxy) is 1. The summed E-state index contributed by atoms with van der Waals surface area (Å²) in [4.78, 5) is 24.8. The van der Waals surface area contributed by atoms with Gasteiger partial charge in [-0.3, -0.25) is 4.79 Å². The molecule has 4 aromatic rings. The largest absolute Gasteiger partial charge is 0.464 e. The molecule has 3 N–H and O–H groups in total. The molecule has 0 bridgehead atoms. The number of hydrogen-bond donors (Lipinski definition) is 2. The van der Waals surface area contributed by atoms with E-state index in [4.69, 9.17) is 14.9 Å². The third-order valence-corrected chi connectivity index (χ3v) is 4.97. The lowest BCUT2D eigenvalue weighted by Crippen LogP contribution is -2.12. The van der Waals surface area contributed by atoms with Crippen molar-refractivity contribution in [3.05, 3.63) is 70.7 Å². The number of carbonyl (C=O) groups excluding carboxylic acids is 1. The van der Waals surface area contributed by atoms with Gasteiger partial charge in [-0.2, -0.15) is 15.0 Å². The van der Waals surface area contributed by atoms with Gasteiger partial charge in [0.15, 0.2) is 12.4 Å². The van der Waals surface area contributed by atoms with Gasteiger partial charge in [0, 0.05) is 16.6 Å². The number of esters is 1. The lowest BCUT2D eigenvalue weighted by molar-refractivity contribution is -0.144. The zero-order chi connectivity index (χ0) is 22.0. The molecule has 0 unspecified atom stereocenters. The average molecular weight is 417 g/mol. The highest BCUT2D eigenvalue weighted by Gasteiger charge is 2.14. The Kier molecular flexibility index (Phi) is 5.53. The van der Waals surface area contributed by atoms with Crippen LogP contribution >= 0.6 is 0 Å². The maximum absolute atomic E-state index is 12.4. The Hall–Kier alpha value is -3.94. The third-order valence-electron chi connectivity index (χ3n) is 4.97. The molecule has 0 saturated heterocycles. The number of aromatic nitrogens is 3. The number of nitrogen functional groups attached to an aromatic ring is 1. The second-order valence-electron chi connectivity index (χ2n) is 7.46. The first-order valence-corrected chi connectivity index (χ1v) is 9.84. The Bertz CT molecular complexity index is 1250. The van der Waals surface area contributed by atoms with E-state index < -0.39 is 5.97 Å². The summed E-state index contributed by atoms with van der Waals surface area (Å²) in [6.45, 7) is 5.94. The van der Waals surface area contributed by atoms with E-state index in [-0.39, 0.29) is 30.7 Å². The van der Waals surface area contributed by atoms with Gasteiger partial charge < -0.3 is 20.2 Å². The quantitative estimate of drug-likeness (QED) is 0.449. The Labute approximate surface area is 179 Å². The van der Waals surface area contributed by atoms with Gasteiger partial charge in [-0.25, -0.2) is 0 Å². The standard InChI is InChI=1S/C23H23N5O3/c1-13-4-6-17(7-5-13)25-23-27-20(26-22(24)28-23)12-31-21(29)10-16-11-30-19-9-15(3)14(2)8-18(16)19/h4-9,11H,10,12H2,1-3H3,(H3,24,25,26,27,28). The summed E-state index contributed by atoms with van der Waals surface area (Å²) < 4.78 is 10.9. The molecule has 0 atom stereocenters. The normalized spacial score (nSPS) is 10.9. The van der Waals surface area contributed by atoms with Crippen LogP contribution in [0.5, 0.6) is 0 Å². The van der Waals surface area contributed by atoms with E-state index in [9.17, 15) is 4.79 Å². The predicted octanol–water partition coefficient (Wildman–Crippen LogP) is 4.15. The number of carbonyl (C=O) groups is 1. The van der Waals surface area contributed by atoms with E-state index >= 15 is 0 Å². The molecule has 0 aliphatic heterocycles. The molecule has 2 heterocycles. The van der Waals surface area contributed by atoms with Crippen LogP contribution in [-0.4, -0.2) is 20.9 Å². The number of benzene rings is 2. The molecule has 0 aliphatic carbocycles. The lowest BCUT2D eigenvalue weighted by Gasteiger charge is -2.08. The van der Waals surface area contributed by atoms with Crippen LogP contribution in [0.3, 0.4) is 0 Å². The summed E-state index contributed by atoms with van der Waals surface area (Å²) in [7, 11) is 0. The van der Waals surface area contributed by atoms with Crippen molar-refractivity contribution in [1.29, 1.82) is 0 Å². The van der Waals surface area contributed by atoms with Gasteiger partial charge in [0.1, 0.15) is 5.58 Å². The van der Waals surface area contributed by atoms with Gasteiger partial charge in [0.2, 0.25) is 11.9 Å². The van der Waals surface area contributed by atoms with Gasteiger partial charge in [0.25, 0.3) is 0 Å². The van der Waals surface area contributed by atoms with Crippen molar-refractivity contribution < 1.29 is 13.9 Å². The number of fused-ring (bicyclic) bond motifs is 1. The molecule has 0 amide bonds. The van der Waals surface area contributed by atoms with Gasteiger partial charge >= 0.3 is 5.97 Å². The van der Waals surface area contributed by atoms with Gasteiger partial charge in [-0.1, -0.05) is 17.7 Å². The van der Waals surface area contributed by atoms with Crippen molar-refractivity contribution in [1.82, 2.24) is 15.0 Å². The number of rotatable bonds is 6. The fraction of sp³-hybridized carbons (Fsp3) is 0.217. The van der Waals surface area contributed by atoms with Crippen molar-refractivity contribution in [2.24, 2.45) is 0 Å². The van der Waals surface area contributed by atoms with Crippen LogP contribution in [0.1, 0.15) is 28.1 Å². The Balaban J connectivity index is 1.42. The van der Waals surface area contributed by atoms with Crippen LogP contribution in [0, 0.1) is 20.8 Å². The molecule has 158 valence electrons. The van der Waals surface area contributed by atoms with Crippen molar-refractivity contribution in [3.63, 3.8) is 0 Å². The molecule has 4 rings (SSSR count). The summed E-state index contributed by atoms with van der Waals surface area (Å²) in [6.07, 6.45) is 1.68. The fourth-order valence-corrected chi connectivity index (χ4v) is 3.15. The number of nitrogens with one attached hydrogen (secondary N) is 1. The van der Waals surface area contributed by atoms with E-state index in [0.29, 0.717) is 0 Å². The van der Waals surface area contributed by atoms with Crippen molar-refractivity contribution in [2.45, 2.75) is 33.8 Å². The van der Waals surface area contributed by atoms with Crippen LogP contribution in [-0.2, 0) is 22.6 Å². The Morgan fingerprint density at radius 1 is 1.06 bits per heavy atom. The van der Waals surface area contributed by atoms with E-state index in [0.717, 1.165) is 38.9 Å². The lowest BCUT2D eigenvalue weighted by atomic mass is 10.0. The fourth-order valence-electron chi connectivity index (χ4n) is 3.15. The summed E-state index contributed by atoms with van der Waals surface area (Å²) in [6, 6.07) is 11.7. The highest BCUT2D eigenvalue weighted by Crippen LogP contribution is 2.25. The molecule has 0 aliphatic rings. The summed E-state index contributed by atoms with van der Waals surface area (Å²) in [5.41, 5.74) is 11.6. The molecular formula is C23H23N5O3. The number of hydrogen-bond acceptors (Lipinski definition) is 8. The minimum absolute atomic E-state index is 0.0438. The van der Waals surface area contributed by atoms with Gasteiger partial charge in [-0.15, -0.1) is 0 Å². The van der Waals surface area contributed by atoms with Gasteiger partial charge in [-0.05, 0) is 56.2 Å². The predicted molar refractivity (Wildman–Crippen MR) is 118 cm³/mol. The number of nitrogens with zero attached hydrogens (tertiary/aromatic N) is 3. The topological polar surface area (TPSA) is 116 Å². The van der Waals surface area contributed by atoms with Crippen molar-refractivity contribution in [2.75, 3.05) is 11.1 Å². The first kappa shape index (κ1) is 20.3. The van der Waals surface area contributed by atoms with E-state index in [1.165, 1.54) is 0 Å². The molecule has 8 heteroatoms. The zero-order valence-electron chi connectivity index (χ0n) is 17.6. The molecule has 0 saturated carbocycles. The Morgan fingerprint density at radius 3 is 2.58 bits per heavy atom. The van der Waals surface area contributed by atoms with Crippen LogP contribution in [0.25, 0.3) is 11.0 Å². The van der Waals surface area contributed by atoms with Crippen LogP contribution in [0.15, 0.2) is 47.1 Å². The molecule has 2 aromatic carbocycles. The molecular weight excluding hydrogens is 394 g/mol. The van der Waals surface area contributed by atoms with E-state index in [1.54, 1.807) is 6.26 Å². The maximum atomic E-state index is 12.4. The highest BCUT2D eigenvalue weighted by molar-refractivity contribution is 5.86. The number of nitrogens with two attached hydrogens (primary N) is 1. The van der Waals surface area contributed by atoms with Crippen LogP contribution in [0.4, 0.5) is 17.6 Å². The summed E-state index contributed by atoms with van der Waals surface area (Å²) >= 11 is 0. The van der Waals surface area contributed by atoms with E-state index in [2.05, 4.69) is 20.3 Å². The molecule has 31 heavy (non-hydrogen) atoms. The third kappa shape index (κ3) is 4.80. The molecule has 2 aromatic heterocycles. The monoisotopic (exact) mass is 417 g/mol. The van der Waals surface area contributed by atoms with E-state index in [1.807, 2.05) is 57.2 Å². The first-order valence-electron chi connectivity index (χ1n) is 9.84. The highest BCUT2D eigenvalue weighted by atomic mass is 16.5. The van der Waals surface area contributed by atoms with Crippen LogP contribution in [0.2, 0.25) is 0 Å². The molecule has 0 radical (unpaired) electrons. The average Bonchev–Trinajstić information content (AvgIpc) is 3.09. The first-order chi connectivity index (χ1) is 14.9. The molecule has 0 fully saturated rings. The zero-order valence-corrected chi connectivity index (χ0v) is 17.6. The number of furan rings is 1. The Morgan fingerprint density at radius 2 is 1.81 bits per heavy atom. The minimum atomic E-state index is -0.409. The molecule has 8 nitrogen and oxygen atoms in total. The van der Waals surface area contributed by atoms with Gasteiger partial charge in [0.05, 0.1) is 12.7 Å².